The van der Waals surface area contributed by atoms with Crippen molar-refractivity contribution < 1.29 is 9.53 Å². The van der Waals surface area contributed by atoms with Gasteiger partial charge in [-0.25, -0.2) is 4.98 Å². The zero-order valence-corrected chi connectivity index (χ0v) is 18.1. The maximum absolute atomic E-state index is 12.5. The highest BCUT2D eigenvalue weighted by Crippen LogP contribution is 2.26. The van der Waals surface area contributed by atoms with Crippen LogP contribution in [0.4, 0.5) is 0 Å². The van der Waals surface area contributed by atoms with Gasteiger partial charge in [-0.2, -0.15) is 5.10 Å². The summed E-state index contributed by atoms with van der Waals surface area (Å²) in [5, 5.41) is 7.34. The molecule has 8 heteroatoms. The van der Waals surface area contributed by atoms with E-state index < -0.39 is 0 Å². The molecular formula is C22H27N5O2S. The lowest BCUT2D eigenvalue weighted by Crippen LogP contribution is -2.48. The molecule has 1 saturated heterocycles. The van der Waals surface area contributed by atoms with Gasteiger partial charge in [0.1, 0.15) is 10.8 Å². The fourth-order valence-electron chi connectivity index (χ4n) is 3.61. The van der Waals surface area contributed by atoms with Gasteiger partial charge in [0.15, 0.2) is 0 Å². The van der Waals surface area contributed by atoms with E-state index in [1.54, 1.807) is 24.6 Å². The minimum Gasteiger partial charge on any atom is -0.497 e. The summed E-state index contributed by atoms with van der Waals surface area (Å²) < 4.78 is 7.09. The van der Waals surface area contributed by atoms with E-state index in [4.69, 9.17) is 9.72 Å². The summed E-state index contributed by atoms with van der Waals surface area (Å²) in [7, 11) is 1.67. The van der Waals surface area contributed by atoms with E-state index in [1.165, 1.54) is 0 Å². The molecule has 3 aromatic rings. The highest BCUT2D eigenvalue weighted by atomic mass is 32.1. The van der Waals surface area contributed by atoms with Crippen molar-refractivity contribution in [1.82, 2.24) is 24.6 Å². The average molecular weight is 426 g/mol. The first-order chi connectivity index (χ1) is 14.7. The normalized spacial score (nSPS) is 14.8. The molecule has 0 saturated carbocycles. The van der Waals surface area contributed by atoms with E-state index in [-0.39, 0.29) is 5.91 Å². The van der Waals surface area contributed by atoms with Crippen molar-refractivity contribution in [3.8, 4) is 16.3 Å². The molecule has 0 atom stereocenters. The molecule has 2 aromatic heterocycles. The Morgan fingerprint density at radius 1 is 1.17 bits per heavy atom. The minimum absolute atomic E-state index is 0.247. The third-order valence-electron chi connectivity index (χ3n) is 5.34. The number of aromatic nitrogens is 3. The van der Waals surface area contributed by atoms with E-state index in [9.17, 15) is 4.79 Å². The second-order valence-electron chi connectivity index (χ2n) is 7.40. The summed E-state index contributed by atoms with van der Waals surface area (Å²) in [6.07, 6.45) is 5.11. The molecule has 7 nitrogen and oxygen atoms in total. The van der Waals surface area contributed by atoms with Crippen molar-refractivity contribution in [3.63, 3.8) is 0 Å². The van der Waals surface area contributed by atoms with Crippen LogP contribution in [0.1, 0.15) is 18.5 Å². The van der Waals surface area contributed by atoms with E-state index in [0.717, 1.165) is 67.7 Å². The summed E-state index contributed by atoms with van der Waals surface area (Å²) in [6, 6.07) is 9.91. The van der Waals surface area contributed by atoms with Crippen molar-refractivity contribution in [2.45, 2.75) is 25.9 Å². The molecule has 1 aliphatic rings. The number of thiazole rings is 1. The minimum atomic E-state index is 0.247. The molecule has 0 N–H and O–H groups in total. The van der Waals surface area contributed by atoms with Crippen LogP contribution in [0.5, 0.6) is 5.75 Å². The number of rotatable bonds is 8. The Labute approximate surface area is 180 Å². The van der Waals surface area contributed by atoms with Gasteiger partial charge in [-0.3, -0.25) is 14.4 Å². The van der Waals surface area contributed by atoms with Crippen LogP contribution in [0, 0.1) is 0 Å². The predicted molar refractivity (Wildman–Crippen MR) is 117 cm³/mol. The second-order valence-corrected chi connectivity index (χ2v) is 8.26. The third-order valence-corrected chi connectivity index (χ3v) is 6.28. The maximum Gasteiger partial charge on any atom is 0.222 e. The number of nitrogens with zero attached hydrogens (tertiary/aromatic N) is 5. The quantitative estimate of drug-likeness (QED) is 0.555. The molecule has 1 amide bonds. The molecule has 0 spiro atoms. The SMILES string of the molecule is COc1ccc(-c2nc(CN3CCN(C(=O)CCCn4cccn4)CC3)cs2)cc1. The van der Waals surface area contributed by atoms with Crippen LogP contribution in [-0.4, -0.2) is 63.8 Å². The molecule has 30 heavy (non-hydrogen) atoms. The van der Waals surface area contributed by atoms with Gasteiger partial charge >= 0.3 is 0 Å². The number of carbonyl (C=O) groups is 1. The fourth-order valence-corrected chi connectivity index (χ4v) is 4.43. The molecule has 4 rings (SSSR count). The lowest BCUT2D eigenvalue weighted by Gasteiger charge is -2.34. The van der Waals surface area contributed by atoms with Crippen LogP contribution in [0.25, 0.3) is 10.6 Å². The van der Waals surface area contributed by atoms with Gasteiger partial charge in [0.2, 0.25) is 5.91 Å². The van der Waals surface area contributed by atoms with Gasteiger partial charge in [-0.15, -0.1) is 11.3 Å². The Bertz CT molecular complexity index is 931. The molecule has 0 bridgehead atoms. The number of benzene rings is 1. The second kappa shape index (κ2) is 9.86. The highest BCUT2D eigenvalue weighted by Gasteiger charge is 2.21. The predicted octanol–water partition coefficient (Wildman–Crippen LogP) is 3.14. The van der Waals surface area contributed by atoms with Crippen molar-refractivity contribution in [1.29, 1.82) is 0 Å². The largest absolute Gasteiger partial charge is 0.497 e. The number of piperazine rings is 1. The third kappa shape index (κ3) is 5.25. The molecular weight excluding hydrogens is 398 g/mol. The summed E-state index contributed by atoms with van der Waals surface area (Å²) in [6.45, 7) is 4.97. The summed E-state index contributed by atoms with van der Waals surface area (Å²) in [4.78, 5) is 21.6. The fraction of sp³-hybridized carbons (Fsp3) is 0.409. The Kier molecular flexibility index (Phi) is 6.76. The lowest BCUT2D eigenvalue weighted by molar-refractivity contribution is -0.133. The Morgan fingerprint density at radius 2 is 1.97 bits per heavy atom. The maximum atomic E-state index is 12.5. The molecule has 1 fully saturated rings. The van der Waals surface area contributed by atoms with Gasteiger partial charge in [-0.05, 0) is 36.8 Å². The van der Waals surface area contributed by atoms with Gasteiger partial charge in [0, 0.05) is 69.0 Å². The standard InChI is InChI=1S/C22H27N5O2S/c1-29-20-7-5-18(6-8-20)22-24-19(17-30-22)16-25-12-14-26(15-13-25)21(28)4-2-10-27-11-3-9-23-27/h3,5-9,11,17H,2,4,10,12-16H2,1H3. The first-order valence-electron chi connectivity index (χ1n) is 10.3. The van der Waals surface area contributed by atoms with Crippen LogP contribution in [0.15, 0.2) is 48.1 Å². The molecule has 158 valence electrons. The van der Waals surface area contributed by atoms with E-state index in [1.807, 2.05) is 46.1 Å². The topological polar surface area (TPSA) is 63.5 Å². The number of aryl methyl sites for hydroxylation is 1. The molecule has 1 aromatic carbocycles. The van der Waals surface area contributed by atoms with E-state index >= 15 is 0 Å². The van der Waals surface area contributed by atoms with Crippen molar-refractivity contribution in [2.24, 2.45) is 0 Å². The summed E-state index contributed by atoms with van der Waals surface area (Å²) >= 11 is 1.67. The van der Waals surface area contributed by atoms with E-state index in [0.29, 0.717) is 6.42 Å². The zero-order chi connectivity index (χ0) is 20.8. The van der Waals surface area contributed by atoms with Crippen LogP contribution in [0.3, 0.4) is 0 Å². The average Bonchev–Trinajstić information content (AvgIpc) is 3.47. The monoisotopic (exact) mass is 425 g/mol. The summed E-state index contributed by atoms with van der Waals surface area (Å²) in [5.74, 6) is 1.10. The first kappa shape index (κ1) is 20.6. The number of methoxy groups -OCH3 is 1. The van der Waals surface area contributed by atoms with E-state index in [2.05, 4.69) is 15.4 Å². The van der Waals surface area contributed by atoms with Crippen molar-refractivity contribution >= 4 is 17.2 Å². The number of ether oxygens (including phenoxy) is 1. The first-order valence-corrected chi connectivity index (χ1v) is 11.2. The van der Waals surface area contributed by atoms with Crippen LogP contribution in [0.2, 0.25) is 0 Å². The number of amides is 1. The number of carbonyl (C=O) groups excluding carboxylic acids is 1. The molecule has 0 radical (unpaired) electrons. The zero-order valence-electron chi connectivity index (χ0n) is 17.2. The van der Waals surface area contributed by atoms with Crippen LogP contribution >= 0.6 is 11.3 Å². The Hall–Kier alpha value is -2.71. The summed E-state index contributed by atoms with van der Waals surface area (Å²) in [5.41, 5.74) is 2.20. The molecule has 0 aliphatic carbocycles. The smallest absolute Gasteiger partial charge is 0.222 e. The lowest BCUT2D eigenvalue weighted by atomic mass is 10.2. The Morgan fingerprint density at radius 3 is 2.67 bits per heavy atom. The van der Waals surface area contributed by atoms with Gasteiger partial charge in [-0.1, -0.05) is 0 Å². The molecule has 0 unspecified atom stereocenters. The Balaban J connectivity index is 1.22. The molecule has 3 heterocycles. The van der Waals surface area contributed by atoms with Crippen molar-refractivity contribution in [3.05, 3.63) is 53.8 Å². The molecule has 1 aliphatic heterocycles. The number of hydrogen-bond acceptors (Lipinski definition) is 6. The number of hydrogen-bond donors (Lipinski definition) is 0. The van der Waals surface area contributed by atoms with Gasteiger partial charge < -0.3 is 9.64 Å². The van der Waals surface area contributed by atoms with Gasteiger partial charge in [0.25, 0.3) is 0 Å². The highest BCUT2D eigenvalue weighted by molar-refractivity contribution is 7.13. The van der Waals surface area contributed by atoms with Crippen molar-refractivity contribution in [2.75, 3.05) is 33.3 Å². The van der Waals surface area contributed by atoms with Crippen LogP contribution < -0.4 is 4.74 Å². The van der Waals surface area contributed by atoms with Crippen LogP contribution in [-0.2, 0) is 17.9 Å². The van der Waals surface area contributed by atoms with Gasteiger partial charge in [0.05, 0.1) is 12.8 Å².